The molecule has 1 N–H and O–H groups in total. The molecule has 0 bridgehead atoms. The first-order chi connectivity index (χ1) is 14.6. The molecule has 2 fully saturated rings. The molecule has 0 radical (unpaired) electrons. The minimum absolute atomic E-state index is 0.0133. The van der Waals surface area contributed by atoms with E-state index >= 15 is 0 Å². The van der Waals surface area contributed by atoms with Gasteiger partial charge in [-0.3, -0.25) is 14.6 Å². The Labute approximate surface area is 178 Å². The van der Waals surface area contributed by atoms with Crippen LogP contribution in [0, 0.1) is 0 Å². The van der Waals surface area contributed by atoms with E-state index in [1.165, 1.54) is 25.7 Å². The monoisotopic (exact) mass is 411 g/mol. The van der Waals surface area contributed by atoms with Crippen molar-refractivity contribution >= 4 is 0 Å². The van der Waals surface area contributed by atoms with E-state index in [4.69, 9.17) is 4.74 Å². The van der Waals surface area contributed by atoms with E-state index in [1.807, 2.05) is 29.8 Å². The number of nitrogens with zero attached hydrogens (tertiary/aromatic N) is 3. The number of ether oxygens (including phenoxy) is 1. The van der Waals surface area contributed by atoms with E-state index in [9.17, 15) is 9.90 Å². The van der Waals surface area contributed by atoms with Gasteiger partial charge in [-0.05, 0) is 31.5 Å². The first-order valence-corrected chi connectivity index (χ1v) is 11.1. The third-order valence-corrected chi connectivity index (χ3v) is 6.42. The largest absolute Gasteiger partial charge is 0.503 e. The SMILES string of the molecule is Cn1c(CN2CCCCCC2)cc(=O)c(O)c1CN1CCO[C@@H](c2ccccc2)C1. The van der Waals surface area contributed by atoms with Gasteiger partial charge in [0.25, 0.3) is 0 Å². The molecule has 2 aliphatic heterocycles. The Kier molecular flexibility index (Phi) is 6.87. The van der Waals surface area contributed by atoms with Crippen LogP contribution in [0.25, 0.3) is 0 Å². The molecule has 2 aliphatic rings. The number of aromatic hydroxyl groups is 1. The number of rotatable bonds is 5. The van der Waals surface area contributed by atoms with Gasteiger partial charge in [0.05, 0.1) is 18.4 Å². The summed E-state index contributed by atoms with van der Waals surface area (Å²) in [6, 6.07) is 11.8. The molecular weight excluding hydrogens is 378 g/mol. The molecule has 2 aromatic rings. The minimum Gasteiger partial charge on any atom is -0.503 e. The first-order valence-electron chi connectivity index (χ1n) is 11.1. The van der Waals surface area contributed by atoms with E-state index in [1.54, 1.807) is 6.07 Å². The summed E-state index contributed by atoms with van der Waals surface area (Å²) in [7, 11) is 1.97. The predicted molar refractivity (Wildman–Crippen MR) is 118 cm³/mol. The van der Waals surface area contributed by atoms with Crippen LogP contribution in [0.5, 0.6) is 5.75 Å². The number of hydrogen-bond donors (Lipinski definition) is 1. The fourth-order valence-corrected chi connectivity index (χ4v) is 4.57. The van der Waals surface area contributed by atoms with Crippen molar-refractivity contribution in [3.05, 3.63) is 63.6 Å². The highest BCUT2D eigenvalue weighted by Crippen LogP contribution is 2.25. The molecule has 1 atom stereocenters. The summed E-state index contributed by atoms with van der Waals surface area (Å²) in [5.74, 6) is -0.125. The first kappa shape index (κ1) is 21.1. The zero-order chi connectivity index (χ0) is 20.9. The zero-order valence-electron chi connectivity index (χ0n) is 17.9. The van der Waals surface area contributed by atoms with Crippen LogP contribution in [0.4, 0.5) is 0 Å². The molecule has 0 spiro atoms. The molecular formula is C24H33N3O3. The lowest BCUT2D eigenvalue weighted by atomic mass is 10.1. The summed E-state index contributed by atoms with van der Waals surface area (Å²) in [4.78, 5) is 17.2. The quantitative estimate of drug-likeness (QED) is 0.820. The smallest absolute Gasteiger partial charge is 0.223 e. The van der Waals surface area contributed by atoms with Crippen LogP contribution in [-0.2, 0) is 24.9 Å². The fraction of sp³-hybridized carbons (Fsp3) is 0.542. The molecule has 0 unspecified atom stereocenters. The van der Waals surface area contributed by atoms with E-state index < -0.39 is 0 Å². The van der Waals surface area contributed by atoms with Crippen LogP contribution >= 0.6 is 0 Å². The standard InChI is InChI=1S/C24H33N3O3/c1-25-20(16-26-11-7-2-3-8-12-26)15-22(28)24(29)21(25)17-27-13-14-30-23(18-27)19-9-5-4-6-10-19/h4-6,9-10,15,23,29H,2-3,7-8,11-14,16-18H2,1H3/t23-/m1/s1. The maximum absolute atomic E-state index is 12.5. The molecule has 0 saturated carbocycles. The van der Waals surface area contributed by atoms with Crippen molar-refractivity contribution in [2.45, 2.75) is 44.9 Å². The zero-order valence-corrected chi connectivity index (χ0v) is 17.9. The van der Waals surface area contributed by atoms with E-state index in [2.05, 4.69) is 21.9 Å². The second-order valence-electron chi connectivity index (χ2n) is 8.55. The fourth-order valence-electron chi connectivity index (χ4n) is 4.57. The van der Waals surface area contributed by atoms with Crippen LogP contribution in [0.3, 0.4) is 0 Å². The third kappa shape index (κ3) is 4.94. The number of pyridine rings is 1. The van der Waals surface area contributed by atoms with Gasteiger partial charge in [0.15, 0.2) is 5.75 Å². The summed E-state index contributed by atoms with van der Waals surface area (Å²) in [6.07, 6.45) is 5.02. The maximum Gasteiger partial charge on any atom is 0.223 e. The predicted octanol–water partition coefficient (Wildman–Crippen LogP) is 3.04. The topological polar surface area (TPSA) is 57.9 Å². The van der Waals surface area contributed by atoms with Crippen molar-refractivity contribution in [3.8, 4) is 5.75 Å². The average Bonchev–Trinajstić information content (AvgIpc) is 3.04. The maximum atomic E-state index is 12.5. The van der Waals surface area contributed by atoms with Gasteiger partial charge in [0.1, 0.15) is 0 Å². The van der Waals surface area contributed by atoms with E-state index in [0.29, 0.717) is 18.8 Å². The summed E-state index contributed by atoms with van der Waals surface area (Å²) in [5.41, 5.74) is 2.56. The van der Waals surface area contributed by atoms with Gasteiger partial charge in [-0.1, -0.05) is 43.2 Å². The molecule has 6 heteroatoms. The summed E-state index contributed by atoms with van der Waals surface area (Å²) in [6.45, 7) is 5.62. The van der Waals surface area contributed by atoms with Gasteiger partial charge in [0.2, 0.25) is 5.43 Å². The van der Waals surface area contributed by atoms with Crippen molar-refractivity contribution in [1.82, 2.24) is 14.4 Å². The van der Waals surface area contributed by atoms with Crippen LogP contribution in [0.2, 0.25) is 0 Å². The van der Waals surface area contributed by atoms with Crippen LogP contribution in [-0.4, -0.2) is 52.3 Å². The summed E-state index contributed by atoms with van der Waals surface area (Å²) >= 11 is 0. The Balaban J connectivity index is 1.51. The molecule has 162 valence electrons. The number of likely N-dealkylation sites (tertiary alicyclic amines) is 1. The Hall–Kier alpha value is -2.15. The minimum atomic E-state index is -0.277. The molecule has 0 amide bonds. The van der Waals surface area contributed by atoms with E-state index in [-0.39, 0.29) is 17.3 Å². The van der Waals surface area contributed by atoms with Gasteiger partial charge in [0, 0.05) is 45.0 Å². The molecule has 2 saturated heterocycles. The van der Waals surface area contributed by atoms with Crippen molar-refractivity contribution in [2.24, 2.45) is 7.05 Å². The van der Waals surface area contributed by atoms with Crippen molar-refractivity contribution in [2.75, 3.05) is 32.8 Å². The highest BCUT2D eigenvalue weighted by Gasteiger charge is 2.24. The Morgan fingerprint density at radius 1 is 1.00 bits per heavy atom. The molecule has 1 aromatic heterocycles. The van der Waals surface area contributed by atoms with Gasteiger partial charge in [-0.25, -0.2) is 0 Å². The summed E-state index contributed by atoms with van der Waals surface area (Å²) < 4.78 is 8.00. The molecule has 6 nitrogen and oxygen atoms in total. The van der Waals surface area contributed by atoms with Crippen molar-refractivity contribution in [3.63, 3.8) is 0 Å². The Bertz CT molecular complexity index is 889. The molecule has 30 heavy (non-hydrogen) atoms. The Morgan fingerprint density at radius 3 is 2.47 bits per heavy atom. The highest BCUT2D eigenvalue weighted by molar-refractivity contribution is 5.30. The van der Waals surface area contributed by atoms with Gasteiger partial charge >= 0.3 is 0 Å². The number of aromatic nitrogens is 1. The van der Waals surface area contributed by atoms with Crippen molar-refractivity contribution in [1.29, 1.82) is 0 Å². The number of morpholine rings is 1. The molecule has 4 rings (SSSR count). The Morgan fingerprint density at radius 2 is 1.73 bits per heavy atom. The number of hydrogen-bond acceptors (Lipinski definition) is 5. The lowest BCUT2D eigenvalue weighted by Gasteiger charge is -2.34. The van der Waals surface area contributed by atoms with Gasteiger partial charge in [-0.15, -0.1) is 0 Å². The van der Waals surface area contributed by atoms with Crippen molar-refractivity contribution < 1.29 is 9.84 Å². The van der Waals surface area contributed by atoms with Gasteiger partial charge in [-0.2, -0.15) is 0 Å². The van der Waals surface area contributed by atoms with Crippen LogP contribution in [0.15, 0.2) is 41.2 Å². The second kappa shape index (κ2) is 9.77. The van der Waals surface area contributed by atoms with E-state index in [0.717, 1.165) is 44.0 Å². The number of benzene rings is 1. The van der Waals surface area contributed by atoms with Gasteiger partial charge < -0.3 is 14.4 Å². The van der Waals surface area contributed by atoms with Crippen LogP contribution in [0.1, 0.15) is 48.7 Å². The second-order valence-corrected chi connectivity index (χ2v) is 8.55. The average molecular weight is 412 g/mol. The highest BCUT2D eigenvalue weighted by atomic mass is 16.5. The van der Waals surface area contributed by atoms with Crippen LogP contribution < -0.4 is 5.43 Å². The lowest BCUT2D eigenvalue weighted by molar-refractivity contribution is -0.0338. The third-order valence-electron chi connectivity index (χ3n) is 6.42. The molecule has 0 aliphatic carbocycles. The normalized spacial score (nSPS) is 21.4. The molecule has 1 aromatic carbocycles. The molecule has 3 heterocycles. The summed E-state index contributed by atoms with van der Waals surface area (Å²) in [5, 5.41) is 10.6. The lowest BCUT2D eigenvalue weighted by Crippen LogP contribution is -2.39.